The molecule has 3 aromatic carbocycles. The first kappa shape index (κ1) is 23.0. The molecular formula is C27H26FN3O3. The minimum absolute atomic E-state index is 0.0633. The molecule has 4 rings (SSSR count). The number of hydrogen-bond donors (Lipinski definition) is 1. The molecule has 0 saturated carbocycles. The Labute approximate surface area is 198 Å². The van der Waals surface area contributed by atoms with Gasteiger partial charge >= 0.3 is 0 Å². The van der Waals surface area contributed by atoms with Crippen LogP contribution in [0.5, 0.6) is 5.75 Å². The molecule has 3 aromatic rings. The summed E-state index contributed by atoms with van der Waals surface area (Å²) in [6, 6.07) is 20.3. The summed E-state index contributed by atoms with van der Waals surface area (Å²) >= 11 is 0. The highest BCUT2D eigenvalue weighted by molar-refractivity contribution is 6.46. The van der Waals surface area contributed by atoms with E-state index < -0.39 is 17.6 Å². The zero-order valence-electron chi connectivity index (χ0n) is 19.3. The van der Waals surface area contributed by atoms with Gasteiger partial charge in [0.15, 0.2) is 0 Å². The molecule has 0 bridgehead atoms. The van der Waals surface area contributed by atoms with Gasteiger partial charge in [-0.25, -0.2) is 9.29 Å². The molecule has 7 heteroatoms. The van der Waals surface area contributed by atoms with Crippen LogP contribution in [0, 0.1) is 5.82 Å². The van der Waals surface area contributed by atoms with E-state index in [1.165, 1.54) is 25.3 Å². The van der Waals surface area contributed by atoms with Gasteiger partial charge in [-0.15, -0.1) is 0 Å². The van der Waals surface area contributed by atoms with Crippen molar-refractivity contribution in [3.8, 4) is 5.75 Å². The fraction of sp³-hybridized carbons (Fsp3) is 0.185. The van der Waals surface area contributed by atoms with Crippen LogP contribution >= 0.6 is 0 Å². The first-order valence-electron chi connectivity index (χ1n) is 11.1. The molecule has 0 unspecified atom stereocenters. The lowest BCUT2D eigenvalue weighted by molar-refractivity contribution is -0.120. The molecule has 0 fully saturated rings. The molecule has 1 N–H and O–H groups in total. The zero-order chi connectivity index (χ0) is 24.2. The molecule has 174 valence electrons. The molecule has 6 nitrogen and oxygen atoms in total. The van der Waals surface area contributed by atoms with Crippen molar-refractivity contribution in [1.29, 1.82) is 0 Å². The maximum atomic E-state index is 14.6. The number of carbonyl (C=O) groups excluding carboxylic acids is 2. The topological polar surface area (TPSA) is 61.9 Å². The molecule has 0 radical (unpaired) electrons. The molecule has 1 heterocycles. The number of hydrogen-bond acceptors (Lipinski definition) is 5. The van der Waals surface area contributed by atoms with E-state index in [9.17, 15) is 14.0 Å². The number of imide groups is 1. The molecular weight excluding hydrogens is 433 g/mol. The van der Waals surface area contributed by atoms with Gasteiger partial charge in [0, 0.05) is 30.0 Å². The summed E-state index contributed by atoms with van der Waals surface area (Å²) < 4.78 is 20.0. The normalized spacial score (nSPS) is 13.5. The molecule has 0 aliphatic carbocycles. The van der Waals surface area contributed by atoms with Crippen LogP contribution in [0.25, 0.3) is 5.57 Å². The number of carbonyl (C=O) groups is 2. The average Bonchev–Trinajstić information content (AvgIpc) is 3.10. The lowest BCUT2D eigenvalue weighted by Gasteiger charge is -2.21. The molecule has 0 aromatic heterocycles. The molecule has 0 saturated heterocycles. The number of methoxy groups -OCH3 is 1. The number of rotatable bonds is 8. The van der Waals surface area contributed by atoms with Crippen LogP contribution in [0.3, 0.4) is 0 Å². The first-order chi connectivity index (χ1) is 16.5. The van der Waals surface area contributed by atoms with Crippen molar-refractivity contribution in [3.05, 3.63) is 89.9 Å². The number of benzene rings is 3. The van der Waals surface area contributed by atoms with Gasteiger partial charge in [-0.05, 0) is 56.3 Å². The molecule has 1 aliphatic heterocycles. The summed E-state index contributed by atoms with van der Waals surface area (Å²) in [5, 5.41) is 3.11. The summed E-state index contributed by atoms with van der Waals surface area (Å²) in [6.45, 7) is 5.91. The summed E-state index contributed by atoms with van der Waals surface area (Å²) in [7, 11) is 1.49. The fourth-order valence-electron chi connectivity index (χ4n) is 4.09. The molecule has 2 amide bonds. The number of para-hydroxylation sites is 2. The number of amides is 2. The Bertz CT molecular complexity index is 1250. The van der Waals surface area contributed by atoms with Gasteiger partial charge in [-0.2, -0.15) is 0 Å². The predicted molar refractivity (Wildman–Crippen MR) is 132 cm³/mol. The van der Waals surface area contributed by atoms with Crippen molar-refractivity contribution in [2.75, 3.05) is 35.3 Å². The van der Waals surface area contributed by atoms with E-state index in [1.807, 2.05) is 24.3 Å². The molecule has 1 aliphatic rings. The Morgan fingerprint density at radius 1 is 0.882 bits per heavy atom. The molecule has 0 atom stereocenters. The van der Waals surface area contributed by atoms with Crippen LogP contribution in [-0.2, 0) is 9.59 Å². The van der Waals surface area contributed by atoms with Gasteiger partial charge in [-0.3, -0.25) is 9.59 Å². The third-order valence-corrected chi connectivity index (χ3v) is 5.82. The minimum Gasteiger partial charge on any atom is -0.496 e. The Morgan fingerprint density at radius 3 is 2.18 bits per heavy atom. The number of halogens is 1. The zero-order valence-corrected chi connectivity index (χ0v) is 19.3. The quantitative estimate of drug-likeness (QED) is 0.476. The summed E-state index contributed by atoms with van der Waals surface area (Å²) in [6.07, 6.45) is 0. The minimum atomic E-state index is -0.659. The van der Waals surface area contributed by atoms with Gasteiger partial charge in [-0.1, -0.05) is 30.3 Å². The predicted octanol–water partition coefficient (Wildman–Crippen LogP) is 5.08. The largest absolute Gasteiger partial charge is 0.496 e. The van der Waals surface area contributed by atoms with E-state index in [0.29, 0.717) is 17.0 Å². The van der Waals surface area contributed by atoms with E-state index in [0.717, 1.165) is 23.7 Å². The highest BCUT2D eigenvalue weighted by atomic mass is 19.1. The number of nitrogens with zero attached hydrogens (tertiary/aromatic N) is 2. The van der Waals surface area contributed by atoms with Crippen LogP contribution < -0.4 is 19.9 Å². The SMILES string of the molecule is CCN(CC)c1ccc(NC2=C(c3ccccc3OC)C(=O)N(c3ccccc3F)C2=O)cc1. The smallest absolute Gasteiger partial charge is 0.282 e. The maximum Gasteiger partial charge on any atom is 0.282 e. The first-order valence-corrected chi connectivity index (χ1v) is 11.1. The second-order valence-corrected chi connectivity index (χ2v) is 7.69. The third-order valence-electron chi connectivity index (χ3n) is 5.82. The average molecular weight is 460 g/mol. The lowest BCUT2D eigenvalue weighted by atomic mass is 10.0. The number of nitrogens with one attached hydrogen (secondary N) is 1. The van der Waals surface area contributed by atoms with Crippen LogP contribution in [-0.4, -0.2) is 32.0 Å². The Kier molecular flexibility index (Phi) is 6.63. The van der Waals surface area contributed by atoms with E-state index in [4.69, 9.17) is 4.74 Å². The van der Waals surface area contributed by atoms with Crippen molar-refractivity contribution in [2.45, 2.75) is 13.8 Å². The van der Waals surface area contributed by atoms with Gasteiger partial charge in [0.2, 0.25) is 0 Å². The van der Waals surface area contributed by atoms with Crippen molar-refractivity contribution >= 4 is 34.4 Å². The van der Waals surface area contributed by atoms with Gasteiger partial charge < -0.3 is 15.0 Å². The van der Waals surface area contributed by atoms with Gasteiger partial charge in [0.05, 0.1) is 18.4 Å². The Hall–Kier alpha value is -4.13. The van der Waals surface area contributed by atoms with Crippen LogP contribution in [0.15, 0.2) is 78.5 Å². The molecule has 0 spiro atoms. The standard InChI is InChI=1S/C27H26FN3O3/c1-4-30(5-2)19-16-14-18(15-17-19)29-25-24(20-10-6-9-13-23(20)34-3)26(32)31(27(25)33)22-12-8-7-11-21(22)28/h6-17,29H,4-5H2,1-3H3. The Morgan fingerprint density at radius 2 is 1.53 bits per heavy atom. The summed E-state index contributed by atoms with van der Waals surface area (Å²) in [4.78, 5) is 30.1. The second-order valence-electron chi connectivity index (χ2n) is 7.69. The Balaban J connectivity index is 1.80. The second kappa shape index (κ2) is 9.79. The monoisotopic (exact) mass is 459 g/mol. The number of ether oxygens (including phenoxy) is 1. The van der Waals surface area contributed by atoms with Crippen molar-refractivity contribution in [1.82, 2.24) is 0 Å². The van der Waals surface area contributed by atoms with Crippen LogP contribution in [0.2, 0.25) is 0 Å². The van der Waals surface area contributed by atoms with Crippen LogP contribution in [0.1, 0.15) is 19.4 Å². The lowest BCUT2D eigenvalue weighted by Crippen LogP contribution is -2.33. The third kappa shape index (κ3) is 4.12. The van der Waals surface area contributed by atoms with Gasteiger partial charge in [0.25, 0.3) is 11.8 Å². The van der Waals surface area contributed by atoms with Gasteiger partial charge in [0.1, 0.15) is 17.3 Å². The highest BCUT2D eigenvalue weighted by Gasteiger charge is 2.42. The summed E-state index contributed by atoms with van der Waals surface area (Å²) in [5.74, 6) is -1.48. The molecule has 34 heavy (non-hydrogen) atoms. The van der Waals surface area contributed by atoms with E-state index in [2.05, 4.69) is 24.1 Å². The van der Waals surface area contributed by atoms with Crippen molar-refractivity contribution in [3.63, 3.8) is 0 Å². The van der Waals surface area contributed by atoms with E-state index in [-0.39, 0.29) is 17.0 Å². The maximum absolute atomic E-state index is 14.6. The van der Waals surface area contributed by atoms with E-state index >= 15 is 0 Å². The highest BCUT2D eigenvalue weighted by Crippen LogP contribution is 2.38. The number of anilines is 3. The van der Waals surface area contributed by atoms with Crippen molar-refractivity contribution < 1.29 is 18.7 Å². The van der Waals surface area contributed by atoms with Crippen molar-refractivity contribution in [2.24, 2.45) is 0 Å². The fourth-order valence-corrected chi connectivity index (χ4v) is 4.09. The van der Waals surface area contributed by atoms with E-state index in [1.54, 1.807) is 30.3 Å². The summed E-state index contributed by atoms with van der Waals surface area (Å²) in [5.41, 5.74) is 2.22. The van der Waals surface area contributed by atoms with Crippen LogP contribution in [0.4, 0.5) is 21.5 Å².